The van der Waals surface area contributed by atoms with Crippen LogP contribution >= 0.6 is 0 Å². The number of hydrogen-bond donors (Lipinski definition) is 3. The van der Waals surface area contributed by atoms with Gasteiger partial charge in [0.05, 0.1) is 19.3 Å². The highest BCUT2D eigenvalue weighted by Crippen LogP contribution is 2.26. The summed E-state index contributed by atoms with van der Waals surface area (Å²) in [5.74, 6) is 1.96. The maximum atomic E-state index is 12.2. The molecule has 1 amide bonds. The molecule has 3 unspecified atom stereocenters. The van der Waals surface area contributed by atoms with Gasteiger partial charge in [-0.1, -0.05) is 19.4 Å². The van der Waals surface area contributed by atoms with E-state index in [0.29, 0.717) is 18.0 Å². The van der Waals surface area contributed by atoms with Gasteiger partial charge in [0.1, 0.15) is 5.75 Å². The predicted octanol–water partition coefficient (Wildman–Crippen LogP) is 2.79. The van der Waals surface area contributed by atoms with Crippen LogP contribution in [0, 0.1) is 0 Å². The van der Waals surface area contributed by atoms with Crippen molar-refractivity contribution < 1.29 is 13.7 Å². The molecule has 0 bridgehead atoms. The minimum absolute atomic E-state index is 0.143. The molecule has 1 aliphatic rings. The van der Waals surface area contributed by atoms with Gasteiger partial charge in [-0.15, -0.1) is 0 Å². The first-order valence-corrected chi connectivity index (χ1v) is 11.7. The number of aliphatic imine (C=N–C) groups is 1. The number of guanidine groups is 1. The third kappa shape index (κ3) is 7.34. The molecule has 1 fully saturated rings. The van der Waals surface area contributed by atoms with Crippen LogP contribution in [0.3, 0.4) is 0 Å². The highest BCUT2D eigenvalue weighted by atomic mass is 32.2. The van der Waals surface area contributed by atoms with Crippen LogP contribution in [0.1, 0.15) is 52.0 Å². The maximum absolute atomic E-state index is 12.2. The van der Waals surface area contributed by atoms with Crippen LogP contribution in [0.25, 0.3) is 0 Å². The summed E-state index contributed by atoms with van der Waals surface area (Å²) in [5.41, 5.74) is 1.61. The molecule has 3 N–H and O–H groups in total. The molecule has 3 atom stereocenters. The Bertz CT molecular complexity index is 739. The summed E-state index contributed by atoms with van der Waals surface area (Å²) in [6.07, 6.45) is 4.12. The summed E-state index contributed by atoms with van der Waals surface area (Å²) >= 11 is 0. The molecule has 0 radical (unpaired) electrons. The van der Waals surface area contributed by atoms with Crippen LogP contribution in [-0.2, 0) is 22.1 Å². The quantitative estimate of drug-likeness (QED) is 0.443. The lowest BCUT2D eigenvalue weighted by molar-refractivity contribution is -0.114. The summed E-state index contributed by atoms with van der Waals surface area (Å²) in [6.45, 7) is 6.74. The summed E-state index contributed by atoms with van der Waals surface area (Å²) in [7, 11) is 0.834. The fraction of sp³-hybridized carbons (Fsp3) is 0.619. The Kier molecular flexibility index (Phi) is 9.44. The maximum Gasteiger partial charge on any atom is 0.221 e. The number of ether oxygens (including phenoxy) is 1. The third-order valence-electron chi connectivity index (χ3n) is 4.96. The van der Waals surface area contributed by atoms with Gasteiger partial charge in [-0.25, -0.2) is 4.99 Å². The van der Waals surface area contributed by atoms with E-state index in [-0.39, 0.29) is 17.2 Å². The average Bonchev–Trinajstić information content (AvgIpc) is 2.71. The topological polar surface area (TPSA) is 91.8 Å². The van der Waals surface area contributed by atoms with Gasteiger partial charge in [-0.2, -0.15) is 0 Å². The van der Waals surface area contributed by atoms with Crippen molar-refractivity contribution in [3.05, 3.63) is 23.8 Å². The molecule has 8 heteroatoms. The van der Waals surface area contributed by atoms with Crippen LogP contribution < -0.4 is 20.7 Å². The van der Waals surface area contributed by atoms with Crippen LogP contribution in [0.5, 0.6) is 5.75 Å². The molecule has 1 aromatic rings. The molecule has 7 nitrogen and oxygen atoms in total. The highest BCUT2D eigenvalue weighted by molar-refractivity contribution is 7.85. The zero-order valence-corrected chi connectivity index (χ0v) is 18.7. The molecule has 29 heavy (non-hydrogen) atoms. The second-order valence-corrected chi connectivity index (χ2v) is 9.22. The third-order valence-corrected chi connectivity index (χ3v) is 6.70. The van der Waals surface area contributed by atoms with Crippen molar-refractivity contribution >= 4 is 28.4 Å². The van der Waals surface area contributed by atoms with Crippen molar-refractivity contribution in [3.8, 4) is 5.75 Å². The molecule has 0 spiro atoms. The van der Waals surface area contributed by atoms with E-state index in [4.69, 9.17) is 9.73 Å². The molecular formula is C21H34N4O3S. The number of nitrogens with one attached hydrogen (secondary N) is 3. The highest BCUT2D eigenvalue weighted by Gasteiger charge is 2.26. The first-order valence-electron chi connectivity index (χ1n) is 10.3. The summed E-state index contributed by atoms with van der Waals surface area (Å²) in [6, 6.07) is 5.95. The smallest absolute Gasteiger partial charge is 0.221 e. The van der Waals surface area contributed by atoms with Crippen LogP contribution in [0.15, 0.2) is 23.2 Å². The van der Waals surface area contributed by atoms with E-state index >= 15 is 0 Å². The Morgan fingerprint density at radius 3 is 2.76 bits per heavy atom. The van der Waals surface area contributed by atoms with Crippen molar-refractivity contribution in [1.29, 1.82) is 0 Å². The zero-order chi connectivity index (χ0) is 21.2. The standard InChI is InChI=1S/C21H34N4O3S/c1-5-22-21(25-17-8-7-9-18(13-17)29(27)6-2)23-14-16-10-11-20(28-4)19(12-16)24-15(3)26/h10-12,17-18H,5-9,13-14H2,1-4H3,(H,24,26)(H2,22,23,25). The molecule has 0 aromatic heterocycles. The van der Waals surface area contributed by atoms with E-state index in [1.165, 1.54) is 6.92 Å². The number of amides is 1. The molecule has 0 heterocycles. The number of anilines is 1. The first kappa shape index (κ1) is 23.2. The second kappa shape index (κ2) is 11.8. The van der Waals surface area contributed by atoms with Crippen molar-refractivity contribution in [2.75, 3.05) is 24.7 Å². The monoisotopic (exact) mass is 422 g/mol. The largest absolute Gasteiger partial charge is 0.495 e. The van der Waals surface area contributed by atoms with E-state index in [9.17, 15) is 9.00 Å². The van der Waals surface area contributed by atoms with Gasteiger partial charge in [0, 0.05) is 41.3 Å². The zero-order valence-electron chi connectivity index (χ0n) is 17.9. The van der Waals surface area contributed by atoms with Crippen LogP contribution in [-0.4, -0.2) is 46.8 Å². The summed E-state index contributed by atoms with van der Waals surface area (Å²) < 4.78 is 17.5. The van der Waals surface area contributed by atoms with Gasteiger partial charge in [0.2, 0.25) is 5.91 Å². The number of benzene rings is 1. The average molecular weight is 423 g/mol. The summed E-state index contributed by atoms with van der Waals surface area (Å²) in [4.78, 5) is 16.1. The van der Waals surface area contributed by atoms with Crippen molar-refractivity contribution in [2.45, 2.75) is 64.3 Å². The lowest BCUT2D eigenvalue weighted by Crippen LogP contribution is -2.46. The molecule has 1 aliphatic carbocycles. The minimum Gasteiger partial charge on any atom is -0.495 e. The second-order valence-electron chi connectivity index (χ2n) is 7.21. The van der Waals surface area contributed by atoms with Crippen LogP contribution in [0.2, 0.25) is 0 Å². The van der Waals surface area contributed by atoms with Gasteiger partial charge in [-0.05, 0) is 43.9 Å². The SMILES string of the molecule is CCNC(=NCc1ccc(OC)c(NC(C)=O)c1)NC1CCCC(S(=O)CC)C1. The predicted molar refractivity (Wildman–Crippen MR) is 120 cm³/mol. The molecular weight excluding hydrogens is 388 g/mol. The van der Waals surface area contributed by atoms with Crippen molar-refractivity contribution in [2.24, 2.45) is 4.99 Å². The van der Waals surface area contributed by atoms with E-state index < -0.39 is 10.8 Å². The lowest BCUT2D eigenvalue weighted by atomic mass is 9.95. The minimum atomic E-state index is -0.744. The van der Waals surface area contributed by atoms with Gasteiger partial charge in [0.25, 0.3) is 0 Å². The molecule has 0 aliphatic heterocycles. The van der Waals surface area contributed by atoms with Gasteiger partial charge in [-0.3, -0.25) is 9.00 Å². The first-order chi connectivity index (χ1) is 14.0. The van der Waals surface area contributed by atoms with E-state index in [0.717, 1.165) is 49.5 Å². The normalized spacial score (nSPS) is 20.6. The summed E-state index contributed by atoms with van der Waals surface area (Å²) in [5, 5.41) is 9.88. The molecule has 1 aromatic carbocycles. The molecule has 0 saturated heterocycles. The Balaban J connectivity index is 2.06. The van der Waals surface area contributed by atoms with Gasteiger partial charge >= 0.3 is 0 Å². The van der Waals surface area contributed by atoms with Gasteiger partial charge < -0.3 is 20.7 Å². The van der Waals surface area contributed by atoms with E-state index in [2.05, 4.69) is 16.0 Å². The van der Waals surface area contributed by atoms with Crippen LogP contribution in [0.4, 0.5) is 5.69 Å². The number of methoxy groups -OCH3 is 1. The number of carbonyl (C=O) groups is 1. The molecule has 162 valence electrons. The Labute approximate surface area is 176 Å². The lowest BCUT2D eigenvalue weighted by Gasteiger charge is -2.30. The number of carbonyl (C=O) groups excluding carboxylic acids is 1. The van der Waals surface area contributed by atoms with E-state index in [1.807, 2.05) is 32.0 Å². The Morgan fingerprint density at radius 1 is 1.31 bits per heavy atom. The number of rotatable bonds is 8. The Morgan fingerprint density at radius 2 is 2.10 bits per heavy atom. The fourth-order valence-electron chi connectivity index (χ4n) is 3.58. The van der Waals surface area contributed by atoms with Crippen molar-refractivity contribution in [3.63, 3.8) is 0 Å². The fourth-order valence-corrected chi connectivity index (χ4v) is 4.92. The number of hydrogen-bond acceptors (Lipinski definition) is 4. The molecule has 2 rings (SSSR count). The van der Waals surface area contributed by atoms with E-state index in [1.54, 1.807) is 7.11 Å². The Hall–Kier alpha value is -2.09. The van der Waals surface area contributed by atoms with Gasteiger partial charge in [0.15, 0.2) is 5.96 Å². The van der Waals surface area contributed by atoms with Crippen molar-refractivity contribution in [1.82, 2.24) is 10.6 Å². The number of nitrogens with zero attached hydrogens (tertiary/aromatic N) is 1. The molecule has 1 saturated carbocycles.